The number of nitrogens with zero attached hydrogens (tertiary/aromatic N) is 3. The van der Waals surface area contributed by atoms with E-state index in [-0.39, 0.29) is 12.4 Å². The number of aromatic nitrogens is 4. The lowest BCUT2D eigenvalue weighted by molar-refractivity contribution is -0.347. The molecule has 1 aliphatic rings. The molecule has 1 aliphatic carbocycles. The van der Waals surface area contributed by atoms with Crippen molar-refractivity contribution < 1.29 is 32.7 Å². The van der Waals surface area contributed by atoms with Crippen LogP contribution in [-0.2, 0) is 0 Å². The molecule has 1 aromatic carbocycles. The van der Waals surface area contributed by atoms with Crippen LogP contribution in [0.5, 0.6) is 0 Å². The van der Waals surface area contributed by atoms with E-state index in [1.807, 2.05) is 57.2 Å². The topological polar surface area (TPSA) is 138 Å². The fourth-order valence-corrected chi connectivity index (χ4v) is 6.20. The van der Waals surface area contributed by atoms with Crippen molar-refractivity contribution in [1.29, 1.82) is 0 Å². The number of hydrogen-bond acceptors (Lipinski definition) is 9. The molecule has 0 spiro atoms. The van der Waals surface area contributed by atoms with Crippen LogP contribution in [-0.4, -0.2) is 54.1 Å². The Kier molecular flexibility index (Phi) is 7.92. The molecular weight excluding hydrogens is 524 g/mol. The largest absolute Gasteiger partial charge is 1.00 e. The number of aliphatic hydroxyl groups is 3. The van der Waals surface area contributed by atoms with Crippen molar-refractivity contribution in [2.24, 2.45) is 5.92 Å². The number of aryl methyl sites for hydroxylation is 3. The monoisotopic (exact) mass is 556 g/mol. The summed E-state index contributed by atoms with van der Waals surface area (Å²) >= 11 is 1.56. The fourth-order valence-electron chi connectivity index (χ4n) is 5.13. The van der Waals surface area contributed by atoms with Crippen LogP contribution in [0.2, 0.25) is 0 Å². The van der Waals surface area contributed by atoms with E-state index in [1.165, 1.54) is 0 Å². The van der Waals surface area contributed by atoms with Crippen LogP contribution in [0.15, 0.2) is 36.4 Å². The Morgan fingerprint density at radius 1 is 1.00 bits per heavy atom. The molecule has 202 valence electrons. The minimum absolute atomic E-state index is 0. The number of hydrogen-bond donors (Lipinski definition) is 5. The number of nitrogens with one attached hydrogen (secondary N) is 3. The van der Waals surface area contributed by atoms with E-state index in [1.54, 1.807) is 25.2 Å². The first-order valence-electron chi connectivity index (χ1n) is 12.4. The number of benzene rings is 1. The number of H-pyrrole nitrogens is 1. The zero-order valence-corrected chi connectivity index (χ0v) is 23.5. The van der Waals surface area contributed by atoms with Crippen LogP contribution in [0, 0.1) is 26.7 Å². The third kappa shape index (κ3) is 5.60. The van der Waals surface area contributed by atoms with Crippen molar-refractivity contribution >= 4 is 39.0 Å². The van der Waals surface area contributed by atoms with Gasteiger partial charge < -0.3 is 33.0 Å². The first kappa shape index (κ1) is 28.1. The second kappa shape index (κ2) is 10.7. The minimum atomic E-state index is -1.13. The smallest absolute Gasteiger partial charge is 0.349 e. The molecule has 5 rings (SSSR count). The SMILES string of the molecule is Cc1cc(Nc2nc(C)c(-c3nc4ccccc4s3)c(N[C@@H]3C[C@H](C(C)(C)O)[C@@H](O)[C@H]3O)[nH+]2)cc(C)n1.[Cl-]. The summed E-state index contributed by atoms with van der Waals surface area (Å²) in [5.41, 5.74) is 3.95. The highest BCUT2D eigenvalue weighted by Gasteiger charge is 2.49. The number of fused-ring (bicyclic) bond motifs is 1. The lowest BCUT2D eigenvalue weighted by Crippen LogP contribution is -3.00. The molecule has 0 radical (unpaired) electrons. The summed E-state index contributed by atoms with van der Waals surface area (Å²) < 4.78 is 1.06. The number of thiazole rings is 1. The van der Waals surface area contributed by atoms with Gasteiger partial charge in [-0.3, -0.25) is 10.3 Å². The molecule has 4 aromatic rings. The lowest BCUT2D eigenvalue weighted by Gasteiger charge is -2.28. The average Bonchev–Trinajstić information content (AvgIpc) is 3.34. The van der Waals surface area contributed by atoms with E-state index in [0.29, 0.717) is 18.2 Å². The third-order valence-corrected chi connectivity index (χ3v) is 7.96. The molecule has 0 bridgehead atoms. The van der Waals surface area contributed by atoms with E-state index in [0.717, 1.165) is 43.6 Å². The summed E-state index contributed by atoms with van der Waals surface area (Å²) in [5.74, 6) is 0.667. The van der Waals surface area contributed by atoms with Crippen LogP contribution >= 0.6 is 11.3 Å². The standard InChI is InChI=1S/C27H32N6O3S.ClH/c1-13-10-16(11-14(2)28-13)30-26-29-15(3)21(25-32-18-8-6-7-9-20(18)37-25)24(33-26)31-19-12-17(27(4,5)36)22(34)23(19)35;/h6-11,17,19,22-23,34-36H,12H2,1-5H3,(H2,28,29,30,31,33);1H/t17-,19+,22+,23-;/m0./s1. The number of pyridine rings is 1. The van der Waals surface area contributed by atoms with Gasteiger partial charge in [-0.05, 0) is 65.3 Å². The van der Waals surface area contributed by atoms with Crippen molar-refractivity contribution in [2.45, 2.75) is 64.9 Å². The Morgan fingerprint density at radius 3 is 2.32 bits per heavy atom. The van der Waals surface area contributed by atoms with Crippen molar-refractivity contribution in [3.05, 3.63) is 53.5 Å². The lowest BCUT2D eigenvalue weighted by atomic mass is 9.88. The molecule has 1 fully saturated rings. The molecule has 0 unspecified atom stereocenters. The molecular formula is C27H33ClN6O3S. The summed E-state index contributed by atoms with van der Waals surface area (Å²) in [6.45, 7) is 9.12. The Balaban J connectivity index is 0.00000336. The van der Waals surface area contributed by atoms with Gasteiger partial charge in [-0.25, -0.2) is 9.97 Å². The Morgan fingerprint density at radius 2 is 1.68 bits per heavy atom. The second-order valence-corrected chi connectivity index (χ2v) is 11.4. The van der Waals surface area contributed by atoms with E-state index >= 15 is 0 Å². The van der Waals surface area contributed by atoms with Crippen molar-refractivity contribution in [2.75, 3.05) is 10.6 Å². The van der Waals surface area contributed by atoms with Crippen molar-refractivity contribution in [1.82, 2.24) is 15.0 Å². The zero-order valence-electron chi connectivity index (χ0n) is 22.0. The Labute approximate surface area is 231 Å². The van der Waals surface area contributed by atoms with Gasteiger partial charge in [-0.1, -0.05) is 12.1 Å². The molecule has 4 atom stereocenters. The maximum Gasteiger partial charge on any atom is 0.349 e. The summed E-state index contributed by atoms with van der Waals surface area (Å²) in [4.78, 5) is 17.4. The molecule has 38 heavy (non-hydrogen) atoms. The Hall–Kier alpha value is -2.89. The summed E-state index contributed by atoms with van der Waals surface area (Å²) in [5, 5.41) is 39.7. The molecule has 3 heterocycles. The highest BCUT2D eigenvalue weighted by Crippen LogP contribution is 2.39. The average molecular weight is 557 g/mol. The van der Waals surface area contributed by atoms with Crippen molar-refractivity contribution in [3.63, 3.8) is 0 Å². The molecule has 0 aliphatic heterocycles. The van der Waals surface area contributed by atoms with Gasteiger partial charge in [-0.2, -0.15) is 0 Å². The summed E-state index contributed by atoms with van der Waals surface area (Å²) in [7, 11) is 0. The normalized spacial score (nSPS) is 21.4. The van der Waals surface area contributed by atoms with Crippen LogP contribution in [0.25, 0.3) is 20.8 Å². The molecule has 3 aromatic heterocycles. The molecule has 1 saturated carbocycles. The number of para-hydroxylation sites is 1. The van der Waals surface area contributed by atoms with Gasteiger partial charge in [0.05, 0.1) is 33.7 Å². The van der Waals surface area contributed by atoms with Gasteiger partial charge in [0.25, 0.3) is 0 Å². The highest BCUT2D eigenvalue weighted by atomic mass is 35.5. The molecule has 6 N–H and O–H groups in total. The molecule has 0 amide bonds. The number of rotatable bonds is 6. The van der Waals surface area contributed by atoms with Crippen LogP contribution in [0.1, 0.15) is 37.4 Å². The highest BCUT2D eigenvalue weighted by molar-refractivity contribution is 7.21. The van der Waals surface area contributed by atoms with Gasteiger partial charge >= 0.3 is 5.95 Å². The van der Waals surface area contributed by atoms with Crippen LogP contribution < -0.4 is 28.0 Å². The van der Waals surface area contributed by atoms with E-state index in [4.69, 9.17) is 9.97 Å². The predicted molar refractivity (Wildman–Crippen MR) is 145 cm³/mol. The summed E-state index contributed by atoms with van der Waals surface area (Å²) in [6.07, 6.45) is -1.71. The first-order chi connectivity index (χ1) is 17.5. The van der Waals surface area contributed by atoms with Gasteiger partial charge in [0, 0.05) is 17.3 Å². The Bertz CT molecular complexity index is 1400. The number of aliphatic hydroxyl groups excluding tert-OH is 2. The molecule has 11 heteroatoms. The quantitative estimate of drug-likeness (QED) is 0.232. The van der Waals surface area contributed by atoms with Gasteiger partial charge in [0.1, 0.15) is 22.4 Å². The maximum atomic E-state index is 10.9. The van der Waals surface area contributed by atoms with Gasteiger partial charge in [-0.15, -0.1) is 16.3 Å². The fraction of sp³-hybridized carbons (Fsp3) is 0.407. The van der Waals surface area contributed by atoms with Gasteiger partial charge in [0.2, 0.25) is 5.82 Å². The number of aromatic amines is 1. The third-order valence-electron chi connectivity index (χ3n) is 6.91. The minimum Gasteiger partial charge on any atom is -1.00 e. The second-order valence-electron chi connectivity index (χ2n) is 10.4. The molecule has 0 saturated heterocycles. The van der Waals surface area contributed by atoms with Gasteiger partial charge in [0.15, 0.2) is 0 Å². The van der Waals surface area contributed by atoms with E-state index in [9.17, 15) is 15.3 Å². The summed E-state index contributed by atoms with van der Waals surface area (Å²) in [6, 6.07) is 11.3. The maximum absolute atomic E-state index is 10.9. The van der Waals surface area contributed by atoms with E-state index < -0.39 is 29.8 Å². The number of halogens is 1. The van der Waals surface area contributed by atoms with Crippen LogP contribution in [0.3, 0.4) is 0 Å². The van der Waals surface area contributed by atoms with Crippen LogP contribution in [0.4, 0.5) is 17.5 Å². The predicted octanol–water partition coefficient (Wildman–Crippen LogP) is 0.533. The molecule has 9 nitrogen and oxygen atoms in total. The zero-order chi connectivity index (χ0) is 26.5. The van der Waals surface area contributed by atoms with Crippen molar-refractivity contribution in [3.8, 4) is 10.6 Å². The van der Waals surface area contributed by atoms with E-state index in [2.05, 4.69) is 20.6 Å². The number of anilines is 3. The first-order valence-corrected chi connectivity index (χ1v) is 13.2.